The Morgan fingerprint density at radius 1 is 0.290 bits per heavy atom. The molecule has 0 aliphatic rings. The summed E-state index contributed by atoms with van der Waals surface area (Å²) in [5.74, 6) is -0.927. The van der Waals surface area contributed by atoms with E-state index in [2.05, 4.69) is 69.4 Å². The minimum Gasteiger partial charge on any atom is -0.462 e. The Morgan fingerprint density at radius 2 is 0.536 bits per heavy atom. The molecule has 0 N–H and O–H groups in total. The van der Waals surface area contributed by atoms with Crippen molar-refractivity contribution >= 4 is 17.9 Å². The molecule has 0 saturated carbocycles. The molecule has 6 nitrogen and oxygen atoms in total. The van der Waals surface area contributed by atoms with Crippen LogP contribution >= 0.6 is 0 Å². The lowest BCUT2D eigenvalue weighted by Gasteiger charge is -2.18. The smallest absolute Gasteiger partial charge is 0.306 e. The highest BCUT2D eigenvalue weighted by molar-refractivity contribution is 5.71. The second kappa shape index (κ2) is 57.9. The second-order valence-electron chi connectivity index (χ2n) is 20.3. The second-order valence-corrected chi connectivity index (χ2v) is 20.3. The van der Waals surface area contributed by atoms with E-state index in [0.29, 0.717) is 19.3 Å². The van der Waals surface area contributed by atoms with Gasteiger partial charge >= 0.3 is 17.9 Å². The first-order valence-electron chi connectivity index (χ1n) is 30.1. The Kier molecular flexibility index (Phi) is 55.7. The van der Waals surface area contributed by atoms with E-state index in [0.717, 1.165) is 64.2 Å². The topological polar surface area (TPSA) is 78.9 Å². The van der Waals surface area contributed by atoms with Gasteiger partial charge in [0.1, 0.15) is 13.2 Å². The van der Waals surface area contributed by atoms with Gasteiger partial charge in [-0.05, 0) is 57.8 Å². The molecule has 0 aromatic heterocycles. The molecule has 0 aromatic carbocycles. The molecule has 0 saturated heterocycles. The van der Waals surface area contributed by atoms with Gasteiger partial charge in [0.15, 0.2) is 6.10 Å². The van der Waals surface area contributed by atoms with Gasteiger partial charge in [-0.1, -0.05) is 288 Å². The molecule has 0 aliphatic carbocycles. The number of hydrogen-bond acceptors (Lipinski definition) is 6. The summed E-state index contributed by atoms with van der Waals surface area (Å²) in [6, 6.07) is 0. The molecule has 0 heterocycles. The molecule has 1 atom stereocenters. The average Bonchev–Trinajstić information content (AvgIpc) is 3.35. The van der Waals surface area contributed by atoms with E-state index in [1.165, 1.54) is 205 Å². The van der Waals surface area contributed by atoms with E-state index >= 15 is 0 Å². The zero-order valence-corrected chi connectivity index (χ0v) is 46.1. The van der Waals surface area contributed by atoms with Crippen LogP contribution in [-0.2, 0) is 28.6 Å². The van der Waals surface area contributed by atoms with Crippen molar-refractivity contribution in [3.05, 3.63) is 48.6 Å². The van der Waals surface area contributed by atoms with Gasteiger partial charge in [0.2, 0.25) is 0 Å². The van der Waals surface area contributed by atoms with E-state index in [-0.39, 0.29) is 37.5 Å². The van der Waals surface area contributed by atoms with E-state index in [9.17, 15) is 14.4 Å². The van der Waals surface area contributed by atoms with Crippen molar-refractivity contribution in [3.63, 3.8) is 0 Å². The lowest BCUT2D eigenvalue weighted by Crippen LogP contribution is -2.30. The Hall–Kier alpha value is -2.63. The standard InChI is InChI=1S/C63H114O6/c1-4-7-10-13-16-19-22-25-28-31-33-35-38-41-44-47-50-53-56-62(65)68-59-60(58-67-61(64)55-52-49-46-43-40-37-34-30-27-24-21-18-15-12-9-6-3)69-63(66)57-54-51-48-45-42-39-36-32-29-26-23-20-17-14-11-8-5-2/h17,20,26,29,36,39,45,48,60H,4-16,18-19,21-25,27-28,30-35,37-38,40-44,46-47,49-59H2,1-3H3/b20-17+,29-26+,39-36+,48-45+/t60-/m1/s1. The van der Waals surface area contributed by atoms with Gasteiger partial charge in [0.25, 0.3) is 0 Å². The highest BCUT2D eigenvalue weighted by atomic mass is 16.6. The molecule has 0 spiro atoms. The molecule has 0 aliphatic heterocycles. The van der Waals surface area contributed by atoms with Crippen LogP contribution in [0.15, 0.2) is 48.6 Å². The number of rotatable bonds is 55. The summed E-state index contributed by atoms with van der Waals surface area (Å²) in [7, 11) is 0. The molecule has 0 aromatic rings. The van der Waals surface area contributed by atoms with Crippen molar-refractivity contribution in [1.29, 1.82) is 0 Å². The number of hydrogen-bond donors (Lipinski definition) is 0. The number of allylic oxidation sites excluding steroid dienone is 8. The third kappa shape index (κ3) is 56.2. The van der Waals surface area contributed by atoms with Crippen LogP contribution in [-0.4, -0.2) is 37.2 Å². The van der Waals surface area contributed by atoms with Gasteiger partial charge in [0, 0.05) is 19.3 Å². The summed E-state index contributed by atoms with van der Waals surface area (Å²) < 4.78 is 16.9. The van der Waals surface area contributed by atoms with Crippen LogP contribution in [0.25, 0.3) is 0 Å². The quantitative estimate of drug-likeness (QED) is 0.0262. The molecule has 0 amide bonds. The Labute approximate surface area is 428 Å². The zero-order valence-electron chi connectivity index (χ0n) is 46.1. The normalized spacial score (nSPS) is 12.3. The van der Waals surface area contributed by atoms with Crippen LogP contribution in [0.4, 0.5) is 0 Å². The largest absolute Gasteiger partial charge is 0.462 e. The van der Waals surface area contributed by atoms with Crippen molar-refractivity contribution in [3.8, 4) is 0 Å². The minimum absolute atomic E-state index is 0.0902. The fourth-order valence-electron chi connectivity index (χ4n) is 8.79. The van der Waals surface area contributed by atoms with Crippen molar-refractivity contribution < 1.29 is 28.6 Å². The molecule has 69 heavy (non-hydrogen) atoms. The SMILES string of the molecule is CCCCC/C=C/C/C=C/C/C=C/C/C=C/CCCC(=O)O[C@H](COC(=O)CCCCCCCCCCCCCCCCCC)COC(=O)CCCCCCCCCCCCCCCCCCCC. The van der Waals surface area contributed by atoms with E-state index in [4.69, 9.17) is 14.2 Å². The van der Waals surface area contributed by atoms with Gasteiger partial charge in [-0.15, -0.1) is 0 Å². The first kappa shape index (κ1) is 66.4. The van der Waals surface area contributed by atoms with Crippen LogP contribution in [0.5, 0.6) is 0 Å². The predicted molar refractivity (Wildman–Crippen MR) is 298 cm³/mol. The van der Waals surface area contributed by atoms with Crippen molar-refractivity contribution in [1.82, 2.24) is 0 Å². The molecule has 6 heteroatoms. The molecule has 402 valence electrons. The Bertz CT molecular complexity index is 1200. The fourth-order valence-corrected chi connectivity index (χ4v) is 8.79. The number of unbranched alkanes of at least 4 members (excludes halogenated alkanes) is 36. The highest BCUT2D eigenvalue weighted by Gasteiger charge is 2.19. The van der Waals surface area contributed by atoms with Crippen LogP contribution in [0, 0.1) is 0 Å². The summed E-state index contributed by atoms with van der Waals surface area (Å²) in [5.41, 5.74) is 0. The van der Waals surface area contributed by atoms with Gasteiger partial charge in [0.05, 0.1) is 0 Å². The van der Waals surface area contributed by atoms with Crippen molar-refractivity contribution in [2.24, 2.45) is 0 Å². The summed E-state index contributed by atoms with van der Waals surface area (Å²) in [6.45, 7) is 6.62. The van der Waals surface area contributed by atoms with E-state index < -0.39 is 6.10 Å². The summed E-state index contributed by atoms with van der Waals surface area (Å²) in [6.07, 6.45) is 71.1. The van der Waals surface area contributed by atoms with Crippen molar-refractivity contribution in [2.75, 3.05) is 13.2 Å². The summed E-state index contributed by atoms with van der Waals surface area (Å²) in [5, 5.41) is 0. The minimum atomic E-state index is -0.798. The van der Waals surface area contributed by atoms with Gasteiger partial charge in [-0.2, -0.15) is 0 Å². The maximum absolute atomic E-state index is 12.8. The Morgan fingerprint density at radius 3 is 0.855 bits per heavy atom. The first-order chi connectivity index (χ1) is 34.0. The molecule has 0 rings (SSSR count). The molecule has 0 radical (unpaired) electrons. The molecular weight excluding hydrogens is 853 g/mol. The van der Waals surface area contributed by atoms with Crippen LogP contribution < -0.4 is 0 Å². The fraction of sp³-hybridized carbons (Fsp3) is 0.825. The lowest BCUT2D eigenvalue weighted by molar-refractivity contribution is -0.167. The van der Waals surface area contributed by atoms with Crippen molar-refractivity contribution in [2.45, 2.75) is 322 Å². The summed E-state index contributed by atoms with van der Waals surface area (Å²) in [4.78, 5) is 38.2. The third-order valence-electron chi connectivity index (χ3n) is 13.3. The monoisotopic (exact) mass is 967 g/mol. The highest BCUT2D eigenvalue weighted by Crippen LogP contribution is 2.17. The average molecular weight is 968 g/mol. The maximum Gasteiger partial charge on any atom is 0.306 e. The van der Waals surface area contributed by atoms with Gasteiger partial charge in [-0.25, -0.2) is 0 Å². The van der Waals surface area contributed by atoms with Crippen LogP contribution in [0.1, 0.15) is 316 Å². The molecule has 0 fully saturated rings. The third-order valence-corrected chi connectivity index (χ3v) is 13.3. The number of carbonyl (C=O) groups is 3. The lowest BCUT2D eigenvalue weighted by atomic mass is 10.0. The number of carbonyl (C=O) groups excluding carboxylic acids is 3. The summed E-state index contributed by atoms with van der Waals surface area (Å²) >= 11 is 0. The van der Waals surface area contributed by atoms with Crippen LogP contribution in [0.3, 0.4) is 0 Å². The van der Waals surface area contributed by atoms with Gasteiger partial charge in [-0.3, -0.25) is 14.4 Å². The van der Waals surface area contributed by atoms with Gasteiger partial charge < -0.3 is 14.2 Å². The molecular formula is C63H114O6. The van der Waals surface area contributed by atoms with Crippen LogP contribution in [0.2, 0.25) is 0 Å². The maximum atomic E-state index is 12.8. The number of ether oxygens (including phenoxy) is 3. The first-order valence-corrected chi connectivity index (χ1v) is 30.1. The molecule has 0 unspecified atom stereocenters. The predicted octanol–water partition coefficient (Wildman–Crippen LogP) is 20.2. The molecule has 0 bridgehead atoms. The zero-order chi connectivity index (χ0) is 50.0. The number of esters is 3. The van der Waals surface area contributed by atoms with E-state index in [1.807, 2.05) is 0 Å². The Balaban J connectivity index is 4.41. The van der Waals surface area contributed by atoms with E-state index in [1.54, 1.807) is 0 Å².